The summed E-state index contributed by atoms with van der Waals surface area (Å²) < 4.78 is 10.9. The molecule has 4 amide bonds. The topological polar surface area (TPSA) is 129 Å². The average molecular weight is 547 g/mol. The number of hydrogen-bond acceptors (Lipinski definition) is 8. The molecular formula is C27H38N4O8. The standard InChI is InChI=1S/C27H38N4O8/c1-4-10-31(39-13-5-2)24(33)16-29-15-19(18-6-7-21-22(14-18)38-17-37-21)25(26(34)35)20(29)8-12-30-23(32)9-11-28(3)27(30)36/h6-7,14,19-20,25H,4-5,8-13,15-17H2,1-3H3,(H,34,35)/t19-,20+,25-/m1/s1. The van der Waals surface area contributed by atoms with E-state index in [1.165, 1.54) is 14.9 Å². The Morgan fingerprint density at radius 2 is 1.92 bits per heavy atom. The van der Waals surface area contributed by atoms with Gasteiger partial charge >= 0.3 is 12.0 Å². The molecule has 0 aliphatic carbocycles. The predicted molar refractivity (Wildman–Crippen MR) is 139 cm³/mol. The molecule has 12 nitrogen and oxygen atoms in total. The summed E-state index contributed by atoms with van der Waals surface area (Å²) in [6.45, 7) is 5.53. The molecule has 3 aliphatic heterocycles. The van der Waals surface area contributed by atoms with E-state index in [0.717, 1.165) is 12.0 Å². The second-order valence-corrected chi connectivity index (χ2v) is 10.2. The van der Waals surface area contributed by atoms with Gasteiger partial charge < -0.3 is 19.5 Å². The molecule has 0 saturated carbocycles. The van der Waals surface area contributed by atoms with Crippen LogP contribution in [0.15, 0.2) is 18.2 Å². The van der Waals surface area contributed by atoms with Crippen molar-refractivity contribution in [1.29, 1.82) is 0 Å². The van der Waals surface area contributed by atoms with Crippen molar-refractivity contribution >= 4 is 23.8 Å². The van der Waals surface area contributed by atoms with Gasteiger partial charge in [-0.3, -0.25) is 29.0 Å². The molecular weight excluding hydrogens is 508 g/mol. The second kappa shape index (κ2) is 12.6. The number of benzene rings is 1. The molecule has 4 rings (SSSR count). The number of hydroxylamine groups is 2. The average Bonchev–Trinajstić information content (AvgIpc) is 3.53. The number of imide groups is 1. The minimum Gasteiger partial charge on any atom is -0.481 e. The third kappa shape index (κ3) is 6.27. The number of rotatable bonds is 12. The van der Waals surface area contributed by atoms with Crippen LogP contribution in [0, 0.1) is 5.92 Å². The van der Waals surface area contributed by atoms with Gasteiger partial charge in [-0.1, -0.05) is 19.9 Å². The molecule has 3 heterocycles. The summed E-state index contributed by atoms with van der Waals surface area (Å²) in [6.07, 6.45) is 1.90. The highest BCUT2D eigenvalue weighted by molar-refractivity contribution is 5.96. The SMILES string of the molecule is CCCON(CCC)C(=O)CN1C[C@H](c2ccc3c(c2)OCO3)[C@@H](C(=O)O)[C@@H]1CCN1C(=O)CCN(C)C1=O. The molecule has 12 heteroatoms. The van der Waals surface area contributed by atoms with Gasteiger partial charge in [0.1, 0.15) is 0 Å². The monoisotopic (exact) mass is 546 g/mol. The molecule has 3 aliphatic rings. The van der Waals surface area contributed by atoms with Gasteiger partial charge in [0.15, 0.2) is 11.5 Å². The van der Waals surface area contributed by atoms with E-state index in [1.807, 2.05) is 24.8 Å². The maximum atomic E-state index is 13.3. The lowest BCUT2D eigenvalue weighted by atomic mass is 9.84. The molecule has 0 bridgehead atoms. The van der Waals surface area contributed by atoms with E-state index in [0.29, 0.717) is 44.2 Å². The molecule has 1 N–H and O–H groups in total. The predicted octanol–water partition coefficient (Wildman–Crippen LogP) is 2.14. The molecule has 0 unspecified atom stereocenters. The summed E-state index contributed by atoms with van der Waals surface area (Å²) in [7, 11) is 1.64. The zero-order chi connectivity index (χ0) is 28.1. The van der Waals surface area contributed by atoms with E-state index in [4.69, 9.17) is 14.3 Å². The highest BCUT2D eigenvalue weighted by Gasteiger charge is 2.48. The van der Waals surface area contributed by atoms with Crippen LogP contribution in [0.3, 0.4) is 0 Å². The molecule has 0 radical (unpaired) electrons. The number of nitrogens with zero attached hydrogens (tertiary/aromatic N) is 4. The van der Waals surface area contributed by atoms with Crippen LogP contribution in [0.1, 0.15) is 51.0 Å². The van der Waals surface area contributed by atoms with E-state index < -0.39 is 29.9 Å². The van der Waals surface area contributed by atoms with Gasteiger partial charge in [-0.2, -0.15) is 0 Å². The van der Waals surface area contributed by atoms with Crippen molar-refractivity contribution < 1.29 is 38.6 Å². The zero-order valence-electron chi connectivity index (χ0n) is 22.8. The zero-order valence-corrected chi connectivity index (χ0v) is 22.8. The van der Waals surface area contributed by atoms with Crippen LogP contribution in [-0.2, 0) is 19.2 Å². The molecule has 39 heavy (non-hydrogen) atoms. The van der Waals surface area contributed by atoms with Crippen molar-refractivity contribution in [1.82, 2.24) is 19.8 Å². The molecule has 0 spiro atoms. The van der Waals surface area contributed by atoms with Gasteiger partial charge in [0.25, 0.3) is 5.91 Å². The molecule has 3 atom stereocenters. The first-order chi connectivity index (χ1) is 18.7. The van der Waals surface area contributed by atoms with Crippen LogP contribution in [-0.4, -0.2) is 108 Å². The minimum absolute atomic E-state index is 0.0407. The Labute approximate surface area is 228 Å². The van der Waals surface area contributed by atoms with Gasteiger partial charge in [0.2, 0.25) is 12.7 Å². The maximum absolute atomic E-state index is 13.3. The van der Waals surface area contributed by atoms with Crippen LogP contribution in [0.25, 0.3) is 0 Å². The van der Waals surface area contributed by atoms with Crippen molar-refractivity contribution in [3.05, 3.63) is 23.8 Å². The number of carboxylic acid groups (broad SMARTS) is 1. The van der Waals surface area contributed by atoms with Crippen molar-refractivity contribution in [2.75, 3.05) is 53.2 Å². The Kier molecular flexibility index (Phi) is 9.28. The Bertz CT molecular complexity index is 1080. The van der Waals surface area contributed by atoms with Crippen molar-refractivity contribution in [2.24, 2.45) is 5.92 Å². The number of amides is 4. The number of carboxylic acids is 1. The summed E-state index contributed by atoms with van der Waals surface area (Å²) in [4.78, 5) is 61.4. The Morgan fingerprint density at radius 1 is 1.15 bits per heavy atom. The Hall–Kier alpha value is -3.38. The first-order valence-electron chi connectivity index (χ1n) is 13.6. The maximum Gasteiger partial charge on any atom is 0.326 e. The fourth-order valence-electron chi connectivity index (χ4n) is 5.54. The second-order valence-electron chi connectivity index (χ2n) is 10.2. The van der Waals surface area contributed by atoms with Gasteiger partial charge in [0, 0.05) is 51.6 Å². The lowest BCUT2D eigenvalue weighted by Gasteiger charge is -2.34. The summed E-state index contributed by atoms with van der Waals surface area (Å²) >= 11 is 0. The third-order valence-electron chi connectivity index (χ3n) is 7.52. The first-order valence-corrected chi connectivity index (χ1v) is 13.6. The number of urea groups is 1. The van der Waals surface area contributed by atoms with Gasteiger partial charge in [-0.15, -0.1) is 0 Å². The number of ether oxygens (including phenoxy) is 2. The number of carbonyl (C=O) groups excluding carboxylic acids is 3. The van der Waals surface area contributed by atoms with E-state index in [-0.39, 0.29) is 44.5 Å². The summed E-state index contributed by atoms with van der Waals surface area (Å²) in [6, 6.07) is 4.40. The number of carbonyl (C=O) groups is 4. The van der Waals surface area contributed by atoms with E-state index in [1.54, 1.807) is 19.2 Å². The molecule has 2 fully saturated rings. The van der Waals surface area contributed by atoms with Crippen LogP contribution < -0.4 is 9.47 Å². The molecule has 1 aromatic carbocycles. The smallest absolute Gasteiger partial charge is 0.326 e. The van der Waals surface area contributed by atoms with E-state index in [2.05, 4.69) is 0 Å². The van der Waals surface area contributed by atoms with Gasteiger partial charge in [-0.25, -0.2) is 9.86 Å². The third-order valence-corrected chi connectivity index (χ3v) is 7.52. The number of hydrogen-bond donors (Lipinski definition) is 1. The van der Waals surface area contributed by atoms with Crippen LogP contribution in [0.2, 0.25) is 0 Å². The van der Waals surface area contributed by atoms with Crippen LogP contribution in [0.4, 0.5) is 4.79 Å². The molecule has 2 saturated heterocycles. The first kappa shape index (κ1) is 28.6. The van der Waals surface area contributed by atoms with E-state index >= 15 is 0 Å². The number of likely N-dealkylation sites (tertiary alicyclic amines) is 1. The van der Waals surface area contributed by atoms with Crippen molar-refractivity contribution in [3.63, 3.8) is 0 Å². The fraction of sp³-hybridized carbons (Fsp3) is 0.630. The summed E-state index contributed by atoms with van der Waals surface area (Å²) in [5, 5.41) is 11.8. The van der Waals surface area contributed by atoms with Gasteiger partial charge in [-0.05, 0) is 37.0 Å². The fourth-order valence-corrected chi connectivity index (χ4v) is 5.54. The van der Waals surface area contributed by atoms with Crippen LogP contribution >= 0.6 is 0 Å². The normalized spacial score (nSPS) is 23.0. The number of fused-ring (bicyclic) bond motifs is 1. The van der Waals surface area contributed by atoms with Crippen LogP contribution in [0.5, 0.6) is 11.5 Å². The highest BCUT2D eigenvalue weighted by atomic mass is 16.7. The largest absolute Gasteiger partial charge is 0.481 e. The summed E-state index contributed by atoms with van der Waals surface area (Å²) in [5.74, 6) is -1.70. The van der Waals surface area contributed by atoms with Crippen molar-refractivity contribution in [3.8, 4) is 11.5 Å². The lowest BCUT2D eigenvalue weighted by molar-refractivity contribution is -0.188. The Morgan fingerprint density at radius 3 is 2.64 bits per heavy atom. The molecule has 0 aromatic heterocycles. The van der Waals surface area contributed by atoms with E-state index in [9.17, 15) is 24.3 Å². The van der Waals surface area contributed by atoms with Gasteiger partial charge in [0.05, 0.1) is 19.1 Å². The highest BCUT2D eigenvalue weighted by Crippen LogP contribution is 2.42. The Balaban J connectivity index is 1.60. The minimum atomic E-state index is -1.00. The van der Waals surface area contributed by atoms with Crippen molar-refractivity contribution in [2.45, 2.75) is 51.5 Å². The quantitative estimate of drug-likeness (QED) is 0.392. The molecule has 1 aromatic rings. The number of aliphatic carboxylic acids is 1. The summed E-state index contributed by atoms with van der Waals surface area (Å²) in [5.41, 5.74) is 0.768. The molecule has 214 valence electrons. The lowest BCUT2D eigenvalue weighted by Crippen LogP contribution is -2.52.